The Bertz CT molecular complexity index is 922. The number of hydrazine groups is 1. The molecule has 0 amide bonds. The molecular formula is C21H31N5O3. The van der Waals surface area contributed by atoms with Crippen LogP contribution in [-0.2, 0) is 4.79 Å². The fourth-order valence-electron chi connectivity index (χ4n) is 3.27. The van der Waals surface area contributed by atoms with Crippen molar-refractivity contribution in [3.05, 3.63) is 46.3 Å². The van der Waals surface area contributed by atoms with Gasteiger partial charge in [-0.2, -0.15) is 0 Å². The molecule has 2 rings (SSSR count). The molecule has 6 N–H and O–H groups in total. The normalized spacial score (nSPS) is 11.6. The van der Waals surface area contributed by atoms with E-state index in [0.29, 0.717) is 41.5 Å². The summed E-state index contributed by atoms with van der Waals surface area (Å²) in [6.45, 7) is 6.27. The number of unbranched alkanes of at least 4 members (excludes halogenated alkanes) is 1. The summed E-state index contributed by atoms with van der Waals surface area (Å²) in [7, 11) is 0. The summed E-state index contributed by atoms with van der Waals surface area (Å²) < 4.78 is 0. The largest absolute Gasteiger partial charge is 0.481 e. The minimum Gasteiger partial charge on any atom is -0.481 e. The van der Waals surface area contributed by atoms with E-state index >= 15 is 0 Å². The molecule has 0 fully saturated rings. The third-order valence-electron chi connectivity index (χ3n) is 4.74. The first kappa shape index (κ1) is 22.3. The number of rotatable bonds is 11. The summed E-state index contributed by atoms with van der Waals surface area (Å²) >= 11 is 0. The zero-order valence-electron chi connectivity index (χ0n) is 17.1. The predicted molar refractivity (Wildman–Crippen MR) is 117 cm³/mol. The van der Waals surface area contributed by atoms with Crippen LogP contribution in [0.15, 0.2) is 35.3 Å². The highest BCUT2D eigenvalue weighted by molar-refractivity contribution is 5.91. The van der Waals surface area contributed by atoms with Crippen LogP contribution in [-0.4, -0.2) is 40.7 Å². The highest BCUT2D eigenvalue weighted by Gasteiger charge is 2.12. The van der Waals surface area contributed by atoms with E-state index < -0.39 is 5.97 Å². The van der Waals surface area contributed by atoms with Crippen LogP contribution in [0.25, 0.3) is 16.6 Å². The molecule has 1 heterocycles. The molecule has 158 valence electrons. The Morgan fingerprint density at radius 3 is 2.66 bits per heavy atom. The molecule has 0 unspecified atom stereocenters. The Labute approximate surface area is 170 Å². The summed E-state index contributed by atoms with van der Waals surface area (Å²) in [6, 6.07) is 7.05. The average molecular weight is 402 g/mol. The number of hydrogen-bond acceptors (Lipinski definition) is 6. The molecule has 1 aromatic heterocycles. The smallest absolute Gasteiger partial charge is 0.303 e. The lowest BCUT2D eigenvalue weighted by Gasteiger charge is -2.23. The number of aromatic amines is 1. The van der Waals surface area contributed by atoms with E-state index in [9.17, 15) is 9.59 Å². The standard InChI is InChI=1S/C21H31N5O3/c1-3-11-25(4-2)19-13-18(27)16-9-7-8-15(21(16)24-19)17(22)14-26(23)12-6-5-10-20(28)29/h7-9,13-14H,3-6,10-12,22-23H2,1-2H3,(H,24,27)(H,28,29)/b17-14-. The maximum absolute atomic E-state index is 12.7. The van der Waals surface area contributed by atoms with Crippen LogP contribution in [0.3, 0.4) is 0 Å². The van der Waals surface area contributed by atoms with Crippen LogP contribution < -0.4 is 21.9 Å². The molecule has 8 heteroatoms. The van der Waals surface area contributed by atoms with Gasteiger partial charge in [0.25, 0.3) is 0 Å². The van der Waals surface area contributed by atoms with Crippen LogP contribution in [0.1, 0.15) is 45.1 Å². The molecule has 0 bridgehead atoms. The lowest BCUT2D eigenvalue weighted by atomic mass is 10.1. The van der Waals surface area contributed by atoms with Crippen molar-refractivity contribution in [2.75, 3.05) is 24.5 Å². The summed E-state index contributed by atoms with van der Waals surface area (Å²) in [5, 5.41) is 10.7. The van der Waals surface area contributed by atoms with Crippen LogP contribution in [0.5, 0.6) is 0 Å². The Hall–Kier alpha value is -3.00. The van der Waals surface area contributed by atoms with Gasteiger partial charge in [0.2, 0.25) is 0 Å². The minimum absolute atomic E-state index is 0.0590. The first-order valence-electron chi connectivity index (χ1n) is 9.99. The number of aliphatic carboxylic acids is 1. The predicted octanol–water partition coefficient (Wildman–Crippen LogP) is 2.45. The van der Waals surface area contributed by atoms with E-state index in [1.54, 1.807) is 24.4 Å². The lowest BCUT2D eigenvalue weighted by molar-refractivity contribution is -0.137. The molecule has 0 radical (unpaired) electrons. The Kier molecular flexibility index (Phi) is 8.09. The fourth-order valence-corrected chi connectivity index (χ4v) is 3.27. The quantitative estimate of drug-likeness (QED) is 0.259. The number of nitrogens with two attached hydrogens (primary N) is 2. The summed E-state index contributed by atoms with van der Waals surface area (Å²) in [6.07, 6.45) is 3.90. The third kappa shape index (κ3) is 5.99. The molecule has 0 saturated carbocycles. The second-order valence-corrected chi connectivity index (χ2v) is 7.00. The van der Waals surface area contributed by atoms with Crippen molar-refractivity contribution in [2.24, 2.45) is 11.6 Å². The molecule has 0 saturated heterocycles. The number of carboxylic acid groups (broad SMARTS) is 1. The Morgan fingerprint density at radius 2 is 2.00 bits per heavy atom. The molecule has 1 aromatic carbocycles. The van der Waals surface area contributed by atoms with Crippen LogP contribution in [0.4, 0.5) is 5.82 Å². The summed E-state index contributed by atoms with van der Waals surface area (Å²) in [4.78, 5) is 28.7. The van der Waals surface area contributed by atoms with Crippen LogP contribution in [0, 0.1) is 0 Å². The SMILES string of the molecule is CCCN(CC)c1cc(=O)c2cccc(/C(N)=C/N(N)CCCCC(=O)O)c2[nH]1. The number of nitrogens with one attached hydrogen (secondary N) is 1. The number of benzene rings is 1. The van der Waals surface area contributed by atoms with Gasteiger partial charge in [-0.3, -0.25) is 9.59 Å². The molecule has 0 aliphatic carbocycles. The first-order valence-corrected chi connectivity index (χ1v) is 9.99. The summed E-state index contributed by atoms with van der Waals surface area (Å²) in [5.41, 5.74) is 8.05. The second-order valence-electron chi connectivity index (χ2n) is 7.00. The molecule has 0 aliphatic rings. The van der Waals surface area contributed by atoms with E-state index in [2.05, 4.69) is 23.7 Å². The lowest BCUT2D eigenvalue weighted by Crippen LogP contribution is -2.27. The highest BCUT2D eigenvalue weighted by Crippen LogP contribution is 2.22. The molecule has 0 spiro atoms. The monoisotopic (exact) mass is 401 g/mol. The number of H-pyrrole nitrogens is 1. The zero-order chi connectivity index (χ0) is 21.4. The number of para-hydroxylation sites is 1. The number of anilines is 1. The molecule has 0 atom stereocenters. The zero-order valence-corrected chi connectivity index (χ0v) is 17.1. The number of hydrogen-bond donors (Lipinski definition) is 4. The molecule has 0 aliphatic heterocycles. The Balaban J connectivity index is 2.32. The van der Waals surface area contributed by atoms with Gasteiger partial charge in [-0.1, -0.05) is 19.1 Å². The second kappa shape index (κ2) is 10.5. The van der Waals surface area contributed by atoms with Crippen LogP contribution >= 0.6 is 0 Å². The maximum atomic E-state index is 12.7. The first-order chi connectivity index (χ1) is 13.9. The van der Waals surface area contributed by atoms with Gasteiger partial charge in [0.15, 0.2) is 5.43 Å². The van der Waals surface area contributed by atoms with Gasteiger partial charge in [-0.15, -0.1) is 0 Å². The number of fused-ring (bicyclic) bond motifs is 1. The molecule has 2 aromatic rings. The van der Waals surface area contributed by atoms with Crippen molar-refractivity contribution in [1.29, 1.82) is 0 Å². The third-order valence-corrected chi connectivity index (χ3v) is 4.74. The van der Waals surface area contributed by atoms with Crippen LogP contribution in [0.2, 0.25) is 0 Å². The van der Waals surface area contributed by atoms with Gasteiger partial charge >= 0.3 is 5.97 Å². The van der Waals surface area contributed by atoms with Gasteiger partial charge in [0.1, 0.15) is 5.82 Å². The van der Waals surface area contributed by atoms with Crippen molar-refractivity contribution < 1.29 is 9.90 Å². The fraction of sp³-hybridized carbons (Fsp3) is 0.429. The van der Waals surface area contributed by atoms with Crippen molar-refractivity contribution in [3.8, 4) is 0 Å². The number of aromatic nitrogens is 1. The van der Waals surface area contributed by atoms with E-state index in [1.807, 2.05) is 6.07 Å². The number of pyridine rings is 1. The molecule has 8 nitrogen and oxygen atoms in total. The van der Waals surface area contributed by atoms with E-state index in [1.165, 1.54) is 5.01 Å². The van der Waals surface area contributed by atoms with Crippen molar-refractivity contribution in [2.45, 2.75) is 39.5 Å². The minimum atomic E-state index is -0.816. The average Bonchev–Trinajstić information content (AvgIpc) is 2.68. The van der Waals surface area contributed by atoms with Crippen molar-refractivity contribution in [3.63, 3.8) is 0 Å². The molecular weight excluding hydrogens is 370 g/mol. The number of carbonyl (C=O) groups is 1. The van der Waals surface area contributed by atoms with Crippen molar-refractivity contribution in [1.82, 2.24) is 9.99 Å². The van der Waals surface area contributed by atoms with Gasteiger partial charge in [0.05, 0.1) is 11.2 Å². The topological polar surface area (TPSA) is 129 Å². The van der Waals surface area contributed by atoms with Crippen molar-refractivity contribution >= 4 is 28.4 Å². The molecule has 29 heavy (non-hydrogen) atoms. The number of carboxylic acids is 1. The van der Waals surface area contributed by atoms with Gasteiger partial charge < -0.3 is 25.7 Å². The van der Waals surface area contributed by atoms with Gasteiger partial charge in [-0.05, 0) is 32.3 Å². The van der Waals surface area contributed by atoms with E-state index in [0.717, 1.165) is 25.3 Å². The van der Waals surface area contributed by atoms with Gasteiger partial charge in [-0.25, -0.2) is 5.84 Å². The Morgan fingerprint density at radius 1 is 1.24 bits per heavy atom. The highest BCUT2D eigenvalue weighted by atomic mass is 16.4. The number of nitrogens with zero attached hydrogens (tertiary/aromatic N) is 2. The van der Waals surface area contributed by atoms with Gasteiger partial charge in [0, 0.05) is 49.3 Å². The summed E-state index contributed by atoms with van der Waals surface area (Å²) in [5.74, 6) is 5.94. The van der Waals surface area contributed by atoms with E-state index in [4.69, 9.17) is 16.7 Å². The van der Waals surface area contributed by atoms with E-state index in [-0.39, 0.29) is 11.8 Å². The maximum Gasteiger partial charge on any atom is 0.303 e.